The van der Waals surface area contributed by atoms with E-state index in [1.165, 1.54) is 17.4 Å². The van der Waals surface area contributed by atoms with E-state index in [1.54, 1.807) is 17.6 Å². The van der Waals surface area contributed by atoms with Gasteiger partial charge in [0, 0.05) is 5.38 Å². The van der Waals surface area contributed by atoms with Gasteiger partial charge < -0.3 is 0 Å². The van der Waals surface area contributed by atoms with Gasteiger partial charge in [-0.05, 0) is 6.92 Å². The number of aryl methyl sites for hydroxylation is 1. The van der Waals surface area contributed by atoms with Crippen molar-refractivity contribution in [3.63, 3.8) is 0 Å². The fourth-order valence-corrected chi connectivity index (χ4v) is 1.38. The molecule has 0 aliphatic carbocycles. The van der Waals surface area contributed by atoms with Crippen LogP contribution in [0.5, 0.6) is 0 Å². The summed E-state index contributed by atoms with van der Waals surface area (Å²) in [7, 11) is 0. The van der Waals surface area contributed by atoms with E-state index in [1.807, 2.05) is 12.3 Å². The lowest BCUT2D eigenvalue weighted by molar-refractivity contribution is 0.742. The highest BCUT2D eigenvalue weighted by Gasteiger charge is 1.93. The highest BCUT2D eigenvalue weighted by Crippen LogP contribution is 2.05. The molecule has 0 bridgehead atoms. The molecule has 2 aromatic rings. The molecule has 2 heterocycles. The molecule has 0 saturated heterocycles. The van der Waals surface area contributed by atoms with Gasteiger partial charge in [0.15, 0.2) is 0 Å². The average molecular weight is 193 g/mol. The minimum atomic E-state index is 0.845. The summed E-state index contributed by atoms with van der Waals surface area (Å²) in [5.74, 6) is 0. The lowest BCUT2D eigenvalue weighted by Gasteiger charge is -1.85. The van der Waals surface area contributed by atoms with Crippen molar-refractivity contribution in [1.29, 1.82) is 0 Å². The Morgan fingerprint density at radius 2 is 2.54 bits per heavy atom. The average Bonchev–Trinajstić information content (AvgIpc) is 2.71. The fourth-order valence-electron chi connectivity index (χ4n) is 0.819. The van der Waals surface area contributed by atoms with Gasteiger partial charge in [-0.15, -0.1) is 21.2 Å². The van der Waals surface area contributed by atoms with Crippen molar-refractivity contribution < 1.29 is 0 Å². The first-order valence-electron chi connectivity index (χ1n) is 3.66. The number of rotatable bonds is 2. The number of nitrogens with zero attached hydrogens (tertiary/aromatic N) is 5. The molecule has 0 aliphatic rings. The molecular weight excluding hydrogens is 186 g/mol. The minimum Gasteiger partial charge on any atom is -0.240 e. The molecule has 0 radical (unpaired) electrons. The Kier molecular flexibility index (Phi) is 2.13. The molecule has 5 nitrogen and oxygen atoms in total. The third-order valence-electron chi connectivity index (χ3n) is 1.35. The first-order chi connectivity index (χ1) is 6.34. The first kappa shape index (κ1) is 8.06. The van der Waals surface area contributed by atoms with E-state index in [-0.39, 0.29) is 0 Å². The molecule has 0 aliphatic heterocycles. The summed E-state index contributed by atoms with van der Waals surface area (Å²) in [6, 6.07) is 0. The second kappa shape index (κ2) is 3.44. The van der Waals surface area contributed by atoms with Crippen molar-refractivity contribution in [2.75, 3.05) is 0 Å². The minimum absolute atomic E-state index is 0.845. The Morgan fingerprint density at radius 3 is 3.15 bits per heavy atom. The third-order valence-corrected chi connectivity index (χ3v) is 2.14. The van der Waals surface area contributed by atoms with Crippen LogP contribution in [0.2, 0.25) is 0 Å². The SMILES string of the molecule is Cc1nc(/C=N/n2cncn2)cs1. The lowest BCUT2D eigenvalue weighted by Crippen LogP contribution is -1.90. The Hall–Kier alpha value is -1.56. The first-order valence-corrected chi connectivity index (χ1v) is 4.54. The van der Waals surface area contributed by atoms with Gasteiger partial charge in [-0.2, -0.15) is 5.10 Å². The van der Waals surface area contributed by atoms with Gasteiger partial charge in [0.05, 0.1) is 16.9 Å². The van der Waals surface area contributed by atoms with Crippen LogP contribution in [0.25, 0.3) is 0 Å². The van der Waals surface area contributed by atoms with Gasteiger partial charge in [-0.1, -0.05) is 0 Å². The van der Waals surface area contributed by atoms with Crippen molar-refractivity contribution >= 4 is 17.6 Å². The van der Waals surface area contributed by atoms with Gasteiger partial charge in [-0.3, -0.25) is 0 Å². The standard InChI is InChI=1S/C7H7N5S/c1-6-11-7(3-13-6)2-9-12-5-8-4-10-12/h2-5H,1H3/b9-2+. The fraction of sp³-hybridized carbons (Fsp3) is 0.143. The molecule has 0 atom stereocenters. The molecule has 0 spiro atoms. The topological polar surface area (TPSA) is 56.0 Å². The molecule has 6 heteroatoms. The predicted octanol–water partition coefficient (Wildman–Crippen LogP) is 0.925. The number of hydrogen-bond donors (Lipinski definition) is 0. The van der Waals surface area contributed by atoms with Crippen molar-refractivity contribution in [1.82, 2.24) is 19.9 Å². The lowest BCUT2D eigenvalue weighted by atomic mass is 10.5. The van der Waals surface area contributed by atoms with Crippen LogP contribution in [0.15, 0.2) is 23.1 Å². The Balaban J connectivity index is 2.14. The predicted molar refractivity (Wildman–Crippen MR) is 49.9 cm³/mol. The summed E-state index contributed by atoms with van der Waals surface area (Å²) in [5.41, 5.74) is 0.845. The largest absolute Gasteiger partial charge is 0.240 e. The zero-order chi connectivity index (χ0) is 9.10. The van der Waals surface area contributed by atoms with Crippen LogP contribution in [0.1, 0.15) is 10.7 Å². The highest BCUT2D eigenvalue weighted by molar-refractivity contribution is 7.09. The second-order valence-electron chi connectivity index (χ2n) is 2.35. The molecule has 13 heavy (non-hydrogen) atoms. The molecule has 2 aromatic heterocycles. The molecule has 0 N–H and O–H groups in total. The quantitative estimate of drug-likeness (QED) is 0.666. The maximum absolute atomic E-state index is 4.22. The van der Waals surface area contributed by atoms with E-state index >= 15 is 0 Å². The number of aromatic nitrogens is 4. The van der Waals surface area contributed by atoms with E-state index < -0.39 is 0 Å². The summed E-state index contributed by atoms with van der Waals surface area (Å²) in [4.78, 5) is 9.36. The number of hydrogen-bond acceptors (Lipinski definition) is 5. The maximum Gasteiger partial charge on any atom is 0.139 e. The van der Waals surface area contributed by atoms with Gasteiger partial charge in [-0.25, -0.2) is 9.97 Å². The second-order valence-corrected chi connectivity index (χ2v) is 3.41. The van der Waals surface area contributed by atoms with Crippen LogP contribution >= 0.6 is 11.3 Å². The molecule has 0 unspecified atom stereocenters. The summed E-state index contributed by atoms with van der Waals surface area (Å²) in [6.45, 7) is 1.96. The highest BCUT2D eigenvalue weighted by atomic mass is 32.1. The normalized spacial score (nSPS) is 11.2. The van der Waals surface area contributed by atoms with E-state index in [0.717, 1.165) is 10.7 Å². The molecule has 0 amide bonds. The van der Waals surface area contributed by atoms with Gasteiger partial charge >= 0.3 is 0 Å². The molecule has 66 valence electrons. The van der Waals surface area contributed by atoms with E-state index in [2.05, 4.69) is 20.2 Å². The maximum atomic E-state index is 4.22. The van der Waals surface area contributed by atoms with Gasteiger partial charge in [0.2, 0.25) is 0 Å². The van der Waals surface area contributed by atoms with Gasteiger partial charge in [0.1, 0.15) is 12.7 Å². The zero-order valence-electron chi connectivity index (χ0n) is 6.95. The van der Waals surface area contributed by atoms with Crippen molar-refractivity contribution in [3.05, 3.63) is 28.7 Å². The van der Waals surface area contributed by atoms with Crippen LogP contribution in [-0.2, 0) is 0 Å². The Labute approximate surface area is 78.8 Å². The van der Waals surface area contributed by atoms with E-state index in [9.17, 15) is 0 Å². The summed E-state index contributed by atoms with van der Waals surface area (Å²) in [6.07, 6.45) is 4.61. The third kappa shape index (κ3) is 1.97. The molecular formula is C7H7N5S. The van der Waals surface area contributed by atoms with Crippen LogP contribution in [0.3, 0.4) is 0 Å². The van der Waals surface area contributed by atoms with Crippen LogP contribution in [0.4, 0.5) is 0 Å². The van der Waals surface area contributed by atoms with Crippen molar-refractivity contribution in [3.8, 4) is 0 Å². The summed E-state index contributed by atoms with van der Waals surface area (Å²) < 4.78 is 0. The summed E-state index contributed by atoms with van der Waals surface area (Å²) >= 11 is 1.59. The van der Waals surface area contributed by atoms with Crippen LogP contribution < -0.4 is 0 Å². The Morgan fingerprint density at radius 1 is 1.62 bits per heavy atom. The van der Waals surface area contributed by atoms with Gasteiger partial charge in [0.25, 0.3) is 0 Å². The van der Waals surface area contributed by atoms with Crippen molar-refractivity contribution in [2.45, 2.75) is 6.92 Å². The van der Waals surface area contributed by atoms with E-state index in [0.29, 0.717) is 0 Å². The smallest absolute Gasteiger partial charge is 0.139 e. The van der Waals surface area contributed by atoms with Crippen LogP contribution in [-0.4, -0.2) is 26.1 Å². The van der Waals surface area contributed by atoms with Crippen LogP contribution in [0, 0.1) is 6.92 Å². The zero-order valence-corrected chi connectivity index (χ0v) is 7.77. The number of thiazole rings is 1. The summed E-state index contributed by atoms with van der Waals surface area (Å²) in [5, 5.41) is 10.8. The van der Waals surface area contributed by atoms with E-state index in [4.69, 9.17) is 0 Å². The van der Waals surface area contributed by atoms with Crippen molar-refractivity contribution in [2.24, 2.45) is 5.10 Å². The molecule has 2 rings (SSSR count). The molecule has 0 saturated carbocycles. The molecule has 0 fully saturated rings. The monoisotopic (exact) mass is 193 g/mol. The molecule has 0 aromatic carbocycles. The Bertz CT molecular complexity index is 402.